The fourth-order valence-electron chi connectivity index (χ4n) is 1.29. The van der Waals surface area contributed by atoms with Crippen molar-refractivity contribution in [2.24, 2.45) is 5.16 Å². The summed E-state index contributed by atoms with van der Waals surface area (Å²) in [5.41, 5.74) is 0.576. The van der Waals surface area contributed by atoms with Gasteiger partial charge in [0.2, 0.25) is 0 Å². The summed E-state index contributed by atoms with van der Waals surface area (Å²) in [5, 5.41) is 3.47. The third-order valence-corrected chi connectivity index (χ3v) is 3.11. The Kier molecular flexibility index (Phi) is 4.35. The van der Waals surface area contributed by atoms with Crippen molar-refractivity contribution in [3.8, 4) is 0 Å². The maximum absolute atomic E-state index is 13.3. The molecule has 6 heteroatoms. The van der Waals surface area contributed by atoms with Gasteiger partial charge >= 0.3 is 0 Å². The van der Waals surface area contributed by atoms with E-state index in [-0.39, 0.29) is 10.7 Å². The fraction of sp³-hybridized carbons (Fsp3) is 0. The van der Waals surface area contributed by atoms with Crippen molar-refractivity contribution in [2.45, 2.75) is 4.90 Å². The number of halogens is 2. The van der Waals surface area contributed by atoms with Crippen LogP contribution in [-0.2, 0) is 15.4 Å². The number of benzene rings is 2. The quantitative estimate of drug-likeness (QED) is 0.638. The number of rotatable bonds is 4. The molecule has 0 aliphatic rings. The highest BCUT2D eigenvalue weighted by atomic mass is 32.2. The lowest BCUT2D eigenvalue weighted by atomic mass is 10.2. The van der Waals surface area contributed by atoms with E-state index in [1.807, 2.05) is 0 Å². The van der Waals surface area contributed by atoms with Crippen LogP contribution in [0.25, 0.3) is 0 Å². The maximum Gasteiger partial charge on any atom is 0.268 e. The monoisotopic (exact) mass is 281 g/mol. The van der Waals surface area contributed by atoms with Crippen molar-refractivity contribution in [1.82, 2.24) is 0 Å². The zero-order valence-electron chi connectivity index (χ0n) is 9.62. The molecule has 0 aliphatic heterocycles. The Hall–Kier alpha value is -2.08. The second-order valence-corrected chi connectivity index (χ2v) is 4.58. The Morgan fingerprint density at radius 3 is 2.42 bits per heavy atom. The van der Waals surface area contributed by atoms with Crippen LogP contribution < -0.4 is 0 Å². The minimum atomic E-state index is -2.02. The molecule has 0 saturated heterocycles. The Morgan fingerprint density at radius 2 is 1.74 bits per heavy atom. The molecule has 0 saturated carbocycles. The van der Waals surface area contributed by atoms with Gasteiger partial charge in [-0.2, -0.15) is 0 Å². The molecule has 0 N–H and O–H groups in total. The largest absolute Gasteiger partial charge is 0.287 e. The molecule has 0 amide bonds. The number of hydrogen-bond acceptors (Lipinski definition) is 3. The minimum absolute atomic E-state index is 0.0845. The highest BCUT2D eigenvalue weighted by Crippen LogP contribution is 2.12. The van der Waals surface area contributed by atoms with Gasteiger partial charge in [-0.05, 0) is 29.8 Å². The van der Waals surface area contributed by atoms with Gasteiger partial charge < -0.3 is 0 Å². The van der Waals surface area contributed by atoms with Crippen LogP contribution in [0.5, 0.6) is 0 Å². The lowest BCUT2D eigenvalue weighted by molar-refractivity contribution is 0.374. The summed E-state index contributed by atoms with van der Waals surface area (Å²) in [7, 11) is 0. The smallest absolute Gasteiger partial charge is 0.268 e. The standard InChI is InChI=1S/C13H9F2NO2S/c14-11-7-5-10(6-8-11)9-16-18-19(17)13-4-2-1-3-12(13)15/h1-9H/b16-9+. The Labute approximate surface area is 111 Å². The van der Waals surface area contributed by atoms with Crippen LogP contribution in [0.15, 0.2) is 58.6 Å². The molecule has 0 heterocycles. The summed E-state index contributed by atoms with van der Waals surface area (Å²) in [6.07, 6.45) is 1.26. The summed E-state index contributed by atoms with van der Waals surface area (Å²) in [5.74, 6) is -0.995. The molecule has 2 aromatic rings. The molecule has 1 atom stereocenters. The molecule has 2 rings (SSSR count). The molecule has 0 fully saturated rings. The van der Waals surface area contributed by atoms with E-state index in [0.717, 1.165) is 0 Å². The van der Waals surface area contributed by atoms with E-state index < -0.39 is 16.9 Å². The first-order chi connectivity index (χ1) is 9.16. The van der Waals surface area contributed by atoms with E-state index in [1.54, 1.807) is 6.07 Å². The van der Waals surface area contributed by atoms with Crippen LogP contribution in [0, 0.1) is 11.6 Å². The van der Waals surface area contributed by atoms with E-state index in [2.05, 4.69) is 9.44 Å². The molecule has 0 spiro atoms. The molecule has 0 aliphatic carbocycles. The lowest BCUT2D eigenvalue weighted by Crippen LogP contribution is -1.96. The first-order valence-corrected chi connectivity index (χ1v) is 6.37. The summed E-state index contributed by atoms with van der Waals surface area (Å²) in [4.78, 5) is -0.0845. The average Bonchev–Trinajstić information content (AvgIpc) is 2.41. The highest BCUT2D eigenvalue weighted by Gasteiger charge is 2.10. The predicted octanol–water partition coefficient (Wildman–Crippen LogP) is 3.04. The first kappa shape index (κ1) is 13.4. The topological polar surface area (TPSA) is 38.7 Å². The SMILES string of the molecule is O=S(O/N=C/c1ccc(F)cc1)c1ccccc1F. The number of hydrogen-bond donors (Lipinski definition) is 0. The van der Waals surface area contributed by atoms with Gasteiger partial charge in [-0.3, -0.25) is 4.28 Å². The van der Waals surface area contributed by atoms with Crippen molar-refractivity contribution in [3.05, 3.63) is 65.7 Å². The Morgan fingerprint density at radius 1 is 1.05 bits per heavy atom. The van der Waals surface area contributed by atoms with Crippen LogP contribution in [0.1, 0.15) is 5.56 Å². The van der Waals surface area contributed by atoms with E-state index >= 15 is 0 Å². The zero-order chi connectivity index (χ0) is 13.7. The second-order valence-electron chi connectivity index (χ2n) is 3.53. The van der Waals surface area contributed by atoms with E-state index in [0.29, 0.717) is 5.56 Å². The van der Waals surface area contributed by atoms with Crippen LogP contribution in [0.3, 0.4) is 0 Å². The van der Waals surface area contributed by atoms with Crippen LogP contribution in [0.4, 0.5) is 8.78 Å². The molecule has 3 nitrogen and oxygen atoms in total. The van der Waals surface area contributed by atoms with E-state index in [9.17, 15) is 13.0 Å². The molecule has 19 heavy (non-hydrogen) atoms. The fourth-order valence-corrected chi connectivity index (χ4v) is 1.91. The van der Waals surface area contributed by atoms with E-state index in [4.69, 9.17) is 0 Å². The molecule has 98 valence electrons. The summed E-state index contributed by atoms with van der Waals surface area (Å²) < 4.78 is 42.1. The molecule has 0 radical (unpaired) electrons. The van der Waals surface area contributed by atoms with Crippen molar-refractivity contribution in [3.63, 3.8) is 0 Å². The van der Waals surface area contributed by atoms with Gasteiger partial charge in [-0.25, -0.2) is 13.0 Å². The third-order valence-electron chi connectivity index (χ3n) is 2.20. The van der Waals surface area contributed by atoms with Crippen molar-refractivity contribution >= 4 is 17.3 Å². The molecular weight excluding hydrogens is 272 g/mol. The minimum Gasteiger partial charge on any atom is -0.287 e. The summed E-state index contributed by atoms with van der Waals surface area (Å²) >= 11 is -2.02. The highest BCUT2D eigenvalue weighted by molar-refractivity contribution is 7.80. The maximum atomic E-state index is 13.3. The van der Waals surface area contributed by atoms with Crippen molar-refractivity contribution in [2.75, 3.05) is 0 Å². The number of oxime groups is 1. The molecule has 0 bridgehead atoms. The van der Waals surface area contributed by atoms with Gasteiger partial charge in [0.15, 0.2) is 0 Å². The zero-order valence-corrected chi connectivity index (χ0v) is 10.4. The van der Waals surface area contributed by atoms with Gasteiger partial charge in [0.25, 0.3) is 11.1 Å². The van der Waals surface area contributed by atoms with Gasteiger partial charge in [0.05, 0.1) is 6.21 Å². The number of nitrogens with zero attached hydrogens (tertiary/aromatic N) is 1. The average molecular weight is 281 g/mol. The summed E-state index contributed by atoms with van der Waals surface area (Å²) in [6, 6.07) is 11.0. The second kappa shape index (κ2) is 6.19. The van der Waals surface area contributed by atoms with Gasteiger partial charge in [0.1, 0.15) is 16.5 Å². The lowest BCUT2D eigenvalue weighted by Gasteiger charge is -1.99. The summed E-state index contributed by atoms with van der Waals surface area (Å²) in [6.45, 7) is 0. The van der Waals surface area contributed by atoms with Crippen LogP contribution in [0.2, 0.25) is 0 Å². The van der Waals surface area contributed by atoms with Crippen LogP contribution in [-0.4, -0.2) is 10.4 Å². The van der Waals surface area contributed by atoms with Crippen molar-refractivity contribution in [1.29, 1.82) is 0 Å². The van der Waals surface area contributed by atoms with Gasteiger partial charge in [0, 0.05) is 0 Å². The predicted molar refractivity (Wildman–Crippen MR) is 67.9 cm³/mol. The molecule has 0 aromatic heterocycles. The molecular formula is C13H9F2NO2S. The Bertz CT molecular complexity index is 614. The normalized spacial score (nSPS) is 12.5. The van der Waals surface area contributed by atoms with E-state index in [1.165, 1.54) is 48.7 Å². The molecule has 2 aromatic carbocycles. The first-order valence-electron chi connectivity index (χ1n) is 5.29. The van der Waals surface area contributed by atoms with Crippen molar-refractivity contribution < 1.29 is 17.3 Å². The third kappa shape index (κ3) is 3.69. The van der Waals surface area contributed by atoms with Crippen LogP contribution >= 0.6 is 0 Å². The van der Waals surface area contributed by atoms with Gasteiger partial charge in [-0.15, -0.1) is 0 Å². The Balaban J connectivity index is 2.01. The molecule has 1 unspecified atom stereocenters. The van der Waals surface area contributed by atoms with Gasteiger partial charge in [-0.1, -0.05) is 29.4 Å².